The maximum atomic E-state index is 12.5. The summed E-state index contributed by atoms with van der Waals surface area (Å²) in [7, 11) is -0.200. The van der Waals surface area contributed by atoms with Gasteiger partial charge in [0.15, 0.2) is 0 Å². The van der Waals surface area contributed by atoms with Gasteiger partial charge in [-0.3, -0.25) is 4.79 Å². The lowest BCUT2D eigenvalue weighted by molar-refractivity contribution is 0.300. The van der Waals surface area contributed by atoms with Crippen molar-refractivity contribution >= 4 is 24.8 Å². The Balaban J connectivity index is 1.94. The third-order valence-electron chi connectivity index (χ3n) is 4.74. The first-order chi connectivity index (χ1) is 12.5. The SMILES string of the molecule is Cn1cc(-c2nc([Si](C)=O)ccc2OCC2CC2)c2ccccc2c1=O. The highest BCUT2D eigenvalue weighted by atomic mass is 28.3. The molecule has 1 fully saturated rings. The Hall–Kier alpha value is -2.60. The average Bonchev–Trinajstić information content (AvgIpc) is 3.47. The van der Waals surface area contributed by atoms with E-state index in [0.29, 0.717) is 34.7 Å². The van der Waals surface area contributed by atoms with E-state index >= 15 is 0 Å². The van der Waals surface area contributed by atoms with Gasteiger partial charge in [-0.15, -0.1) is 0 Å². The Bertz CT molecular complexity index is 1070. The summed E-state index contributed by atoms with van der Waals surface area (Å²) in [5, 5.41) is 2.03. The molecule has 0 spiro atoms. The summed E-state index contributed by atoms with van der Waals surface area (Å²) in [6.07, 6.45) is 4.19. The molecule has 2 heterocycles. The van der Waals surface area contributed by atoms with Crippen molar-refractivity contribution < 1.29 is 9.20 Å². The molecule has 26 heavy (non-hydrogen) atoms. The van der Waals surface area contributed by atoms with Gasteiger partial charge in [0.25, 0.3) is 5.56 Å². The van der Waals surface area contributed by atoms with Gasteiger partial charge in [0, 0.05) is 24.2 Å². The molecule has 2 aromatic heterocycles. The van der Waals surface area contributed by atoms with Crippen LogP contribution < -0.4 is 15.6 Å². The molecule has 1 aliphatic carbocycles. The molecule has 6 heteroatoms. The molecule has 3 aromatic rings. The molecule has 1 saturated carbocycles. The monoisotopic (exact) mass is 364 g/mol. The van der Waals surface area contributed by atoms with E-state index in [2.05, 4.69) is 4.98 Å². The second-order valence-corrected chi connectivity index (χ2v) is 8.48. The third kappa shape index (κ3) is 3.12. The maximum absolute atomic E-state index is 12.5. The molecule has 4 rings (SSSR count). The largest absolute Gasteiger partial charge is 0.491 e. The van der Waals surface area contributed by atoms with E-state index in [1.165, 1.54) is 12.8 Å². The maximum Gasteiger partial charge on any atom is 0.327 e. The predicted octanol–water partition coefficient (Wildman–Crippen LogP) is 2.65. The van der Waals surface area contributed by atoms with Crippen LogP contribution in [0.3, 0.4) is 0 Å². The second-order valence-electron chi connectivity index (χ2n) is 6.86. The van der Waals surface area contributed by atoms with Crippen LogP contribution in [0.2, 0.25) is 6.55 Å². The number of pyridine rings is 2. The Morgan fingerprint density at radius 2 is 1.92 bits per heavy atom. The van der Waals surface area contributed by atoms with Crippen molar-refractivity contribution in [1.29, 1.82) is 0 Å². The number of ether oxygens (including phenoxy) is 1. The number of aromatic nitrogens is 2. The minimum Gasteiger partial charge on any atom is -0.491 e. The molecule has 0 atom stereocenters. The molecule has 132 valence electrons. The van der Waals surface area contributed by atoms with Gasteiger partial charge in [-0.25, -0.2) is 4.98 Å². The smallest absolute Gasteiger partial charge is 0.327 e. The Morgan fingerprint density at radius 3 is 2.62 bits per heavy atom. The molecule has 0 N–H and O–H groups in total. The molecule has 1 aromatic carbocycles. The highest BCUT2D eigenvalue weighted by Crippen LogP contribution is 2.34. The molecular weight excluding hydrogens is 344 g/mol. The fraction of sp³-hybridized carbons (Fsp3) is 0.300. The summed E-state index contributed by atoms with van der Waals surface area (Å²) < 4.78 is 19.6. The second kappa shape index (κ2) is 6.61. The summed E-state index contributed by atoms with van der Waals surface area (Å²) >= 11 is 0. The van der Waals surface area contributed by atoms with Crippen molar-refractivity contribution in [3.05, 3.63) is 52.9 Å². The standard InChI is InChI=1S/C20H20N2O3Si/c1-22-11-16(14-5-3-4-6-15(14)20(22)23)19-17(25-12-13-7-8-13)9-10-18(21-19)26(2)24/h3-6,9-11,13H,7-8,12H2,1-2H3. The summed E-state index contributed by atoms with van der Waals surface area (Å²) in [6.45, 7) is 2.35. The first kappa shape index (κ1) is 16.8. The van der Waals surface area contributed by atoms with Crippen molar-refractivity contribution in [2.75, 3.05) is 6.61 Å². The van der Waals surface area contributed by atoms with Crippen LogP contribution in [0, 0.1) is 5.92 Å². The van der Waals surface area contributed by atoms with E-state index in [9.17, 15) is 9.26 Å². The average molecular weight is 364 g/mol. The van der Waals surface area contributed by atoms with Crippen molar-refractivity contribution in [3.8, 4) is 17.0 Å². The lowest BCUT2D eigenvalue weighted by atomic mass is 10.0. The molecule has 0 bridgehead atoms. The predicted molar refractivity (Wildman–Crippen MR) is 103 cm³/mol. The van der Waals surface area contributed by atoms with Crippen LogP contribution >= 0.6 is 0 Å². The summed E-state index contributed by atoms with van der Waals surface area (Å²) in [5.74, 6) is 1.29. The van der Waals surface area contributed by atoms with Gasteiger partial charge in [0.05, 0.1) is 11.9 Å². The number of fused-ring (bicyclic) bond motifs is 1. The molecule has 1 aliphatic rings. The Labute approximate surface area is 152 Å². The van der Waals surface area contributed by atoms with E-state index in [-0.39, 0.29) is 5.56 Å². The van der Waals surface area contributed by atoms with Gasteiger partial charge in [-0.05, 0) is 48.9 Å². The van der Waals surface area contributed by atoms with Crippen LogP contribution in [0.5, 0.6) is 5.75 Å². The quantitative estimate of drug-likeness (QED) is 0.653. The Morgan fingerprint density at radius 1 is 1.19 bits per heavy atom. The van der Waals surface area contributed by atoms with Crippen LogP contribution in [-0.4, -0.2) is 24.8 Å². The van der Waals surface area contributed by atoms with Crippen LogP contribution in [0.15, 0.2) is 47.4 Å². The number of benzene rings is 1. The fourth-order valence-corrected chi connectivity index (χ4v) is 3.64. The zero-order valence-corrected chi connectivity index (χ0v) is 15.9. The number of rotatable bonds is 5. The molecule has 0 aliphatic heterocycles. The van der Waals surface area contributed by atoms with E-state index in [0.717, 1.165) is 10.9 Å². The number of hydrogen-bond acceptors (Lipinski definition) is 4. The van der Waals surface area contributed by atoms with Crippen molar-refractivity contribution in [3.63, 3.8) is 0 Å². The zero-order chi connectivity index (χ0) is 18.3. The van der Waals surface area contributed by atoms with Crippen LogP contribution in [0.25, 0.3) is 22.0 Å². The summed E-state index contributed by atoms with van der Waals surface area (Å²) in [6, 6.07) is 11.1. The van der Waals surface area contributed by atoms with E-state index in [1.807, 2.05) is 30.3 Å². The van der Waals surface area contributed by atoms with Crippen LogP contribution in [-0.2, 0) is 11.5 Å². The van der Waals surface area contributed by atoms with Crippen LogP contribution in [0.4, 0.5) is 0 Å². The first-order valence-corrected chi connectivity index (χ1v) is 10.7. The van der Waals surface area contributed by atoms with Crippen LogP contribution in [0.1, 0.15) is 12.8 Å². The normalized spacial score (nSPS) is 13.8. The van der Waals surface area contributed by atoms with Gasteiger partial charge < -0.3 is 13.8 Å². The van der Waals surface area contributed by atoms with E-state index in [4.69, 9.17) is 4.74 Å². The van der Waals surface area contributed by atoms with Crippen molar-refractivity contribution in [2.24, 2.45) is 13.0 Å². The molecule has 0 radical (unpaired) electrons. The molecule has 0 amide bonds. The number of nitrogens with zero attached hydrogens (tertiary/aromatic N) is 2. The molecular formula is C20H20N2O3Si. The first-order valence-electron chi connectivity index (χ1n) is 8.78. The third-order valence-corrected chi connectivity index (χ3v) is 5.74. The van der Waals surface area contributed by atoms with E-state index < -0.39 is 8.68 Å². The van der Waals surface area contributed by atoms with Crippen molar-refractivity contribution in [2.45, 2.75) is 19.4 Å². The summed E-state index contributed by atoms with van der Waals surface area (Å²) in [4.78, 5) is 17.1. The minimum absolute atomic E-state index is 0.0509. The lowest BCUT2D eigenvalue weighted by Crippen LogP contribution is -2.22. The van der Waals surface area contributed by atoms with Gasteiger partial charge in [0.2, 0.25) is 0 Å². The highest BCUT2D eigenvalue weighted by Gasteiger charge is 2.23. The molecule has 0 unspecified atom stereocenters. The molecule has 5 nitrogen and oxygen atoms in total. The highest BCUT2D eigenvalue weighted by molar-refractivity contribution is 6.57. The van der Waals surface area contributed by atoms with Crippen molar-refractivity contribution in [1.82, 2.24) is 9.55 Å². The summed E-state index contributed by atoms with van der Waals surface area (Å²) in [5.41, 5.74) is 1.42. The molecule has 0 saturated heterocycles. The van der Waals surface area contributed by atoms with Gasteiger partial charge in [-0.2, -0.15) is 0 Å². The van der Waals surface area contributed by atoms with Gasteiger partial charge >= 0.3 is 8.68 Å². The Kier molecular flexibility index (Phi) is 4.28. The van der Waals surface area contributed by atoms with E-state index in [1.54, 1.807) is 30.4 Å². The fourth-order valence-electron chi connectivity index (χ4n) is 3.05. The van der Waals surface area contributed by atoms with Gasteiger partial charge in [0.1, 0.15) is 11.4 Å². The number of hydrogen-bond donors (Lipinski definition) is 0. The lowest BCUT2D eigenvalue weighted by Gasteiger charge is -2.14. The topological polar surface area (TPSA) is 61.2 Å². The van der Waals surface area contributed by atoms with Gasteiger partial charge in [-0.1, -0.05) is 18.2 Å². The zero-order valence-electron chi connectivity index (χ0n) is 14.9. The number of aryl methyl sites for hydroxylation is 1. The minimum atomic E-state index is -1.93.